The molecule has 0 spiro atoms. The Kier molecular flexibility index (Phi) is 7.70. The van der Waals surface area contributed by atoms with E-state index in [-0.39, 0.29) is 18.2 Å². The number of carbonyl (C=O) groups excluding carboxylic acids is 2. The van der Waals surface area contributed by atoms with E-state index in [0.29, 0.717) is 0 Å². The van der Waals surface area contributed by atoms with E-state index in [1.165, 1.54) is 6.92 Å². The first kappa shape index (κ1) is 22.8. The van der Waals surface area contributed by atoms with Crippen LogP contribution in [-0.2, 0) is 9.59 Å². The largest absolute Gasteiger partial charge is 0.497 e. The maximum atomic E-state index is 12.7. The van der Waals surface area contributed by atoms with Crippen LogP contribution in [0.25, 0.3) is 0 Å². The second-order valence-corrected chi connectivity index (χ2v) is 9.29. The van der Waals surface area contributed by atoms with Crippen LogP contribution < -0.4 is 15.4 Å². The first-order chi connectivity index (χ1) is 14.8. The second kappa shape index (κ2) is 10.5. The number of nitrogens with one attached hydrogen (secondary N) is 2. The van der Waals surface area contributed by atoms with Gasteiger partial charge in [0.25, 0.3) is 0 Å². The predicted octanol–water partition coefficient (Wildman–Crippen LogP) is 5.13. The Balaban J connectivity index is 1.67. The Morgan fingerprint density at radius 1 is 1.16 bits per heavy atom. The second-order valence-electron chi connectivity index (χ2n) is 7.11. The smallest absolute Gasteiger partial charge is 0.226 e. The molecule has 1 aromatic heterocycles. The number of benzene rings is 2. The summed E-state index contributed by atoms with van der Waals surface area (Å²) >= 11 is 3.22. The average molecular weight is 456 g/mol. The summed E-state index contributed by atoms with van der Waals surface area (Å²) in [5, 5.41) is 7.84. The van der Waals surface area contributed by atoms with Crippen LogP contribution in [0.2, 0.25) is 0 Å². The molecule has 0 fully saturated rings. The van der Waals surface area contributed by atoms with Gasteiger partial charge in [0.1, 0.15) is 5.75 Å². The van der Waals surface area contributed by atoms with Gasteiger partial charge in [-0.15, -0.1) is 11.3 Å². The van der Waals surface area contributed by atoms with Crippen LogP contribution in [0.1, 0.15) is 36.2 Å². The lowest BCUT2D eigenvalue weighted by Crippen LogP contribution is -2.29. The van der Waals surface area contributed by atoms with Gasteiger partial charge >= 0.3 is 0 Å². The number of anilines is 1. The van der Waals surface area contributed by atoms with E-state index in [0.717, 1.165) is 37.5 Å². The number of aromatic nitrogens is 1. The summed E-state index contributed by atoms with van der Waals surface area (Å²) in [4.78, 5) is 29.9. The van der Waals surface area contributed by atoms with Crippen LogP contribution >= 0.6 is 23.1 Å². The minimum atomic E-state index is -0.424. The summed E-state index contributed by atoms with van der Waals surface area (Å²) in [6, 6.07) is 12.8. The molecule has 2 aromatic carbocycles. The van der Waals surface area contributed by atoms with Crippen molar-refractivity contribution in [3.63, 3.8) is 0 Å². The van der Waals surface area contributed by atoms with Crippen LogP contribution in [-0.4, -0.2) is 23.9 Å². The third-order valence-electron chi connectivity index (χ3n) is 4.56. The topological polar surface area (TPSA) is 80.3 Å². The highest BCUT2D eigenvalue weighted by atomic mass is 32.2. The molecule has 31 heavy (non-hydrogen) atoms. The summed E-state index contributed by atoms with van der Waals surface area (Å²) < 4.78 is 6.17. The van der Waals surface area contributed by atoms with Gasteiger partial charge in [-0.3, -0.25) is 9.59 Å². The van der Waals surface area contributed by atoms with E-state index in [2.05, 4.69) is 15.6 Å². The first-order valence-corrected chi connectivity index (χ1v) is 11.4. The molecule has 162 valence electrons. The molecule has 0 saturated heterocycles. The third-order valence-corrected chi connectivity index (χ3v) is 6.61. The fourth-order valence-corrected chi connectivity index (χ4v) is 4.95. The monoisotopic (exact) mass is 455 g/mol. The number of thiazole rings is 1. The number of methoxy groups -OCH3 is 1. The summed E-state index contributed by atoms with van der Waals surface area (Å²) in [5.41, 5.74) is 3.57. The van der Waals surface area contributed by atoms with Crippen molar-refractivity contribution in [2.75, 3.05) is 12.4 Å². The van der Waals surface area contributed by atoms with Crippen molar-refractivity contribution in [1.82, 2.24) is 10.3 Å². The highest BCUT2D eigenvalue weighted by molar-refractivity contribution is 8.01. The van der Waals surface area contributed by atoms with Gasteiger partial charge < -0.3 is 15.4 Å². The number of carbonyl (C=O) groups is 2. The zero-order valence-electron chi connectivity index (χ0n) is 17.9. The SMILES string of the molecule is COc1ccc(C(CC(=O)Nc2ccc(Sc3nc(C)cs3)cc2C)NC(C)=O)cc1. The molecular weight excluding hydrogens is 430 g/mol. The molecule has 8 heteroatoms. The van der Waals surface area contributed by atoms with E-state index in [9.17, 15) is 9.59 Å². The molecule has 1 atom stereocenters. The van der Waals surface area contributed by atoms with Gasteiger partial charge in [0, 0.05) is 28.6 Å². The number of rotatable bonds is 8. The molecule has 1 unspecified atom stereocenters. The number of nitrogens with zero attached hydrogens (tertiary/aromatic N) is 1. The van der Waals surface area contributed by atoms with Crippen molar-refractivity contribution >= 4 is 40.6 Å². The van der Waals surface area contributed by atoms with Crippen LogP contribution in [0.4, 0.5) is 5.69 Å². The van der Waals surface area contributed by atoms with Gasteiger partial charge in [-0.05, 0) is 55.3 Å². The first-order valence-electron chi connectivity index (χ1n) is 9.75. The lowest BCUT2D eigenvalue weighted by atomic mass is 10.0. The molecule has 0 bridgehead atoms. The Labute approximate surface area is 190 Å². The normalized spacial score (nSPS) is 11.6. The van der Waals surface area contributed by atoms with Crippen molar-refractivity contribution in [3.8, 4) is 5.75 Å². The average Bonchev–Trinajstić information content (AvgIpc) is 3.14. The molecule has 6 nitrogen and oxygen atoms in total. The molecule has 0 aliphatic carbocycles. The Hall–Kier alpha value is -2.84. The van der Waals surface area contributed by atoms with Gasteiger partial charge in [-0.2, -0.15) is 0 Å². The van der Waals surface area contributed by atoms with Crippen LogP contribution in [0, 0.1) is 13.8 Å². The summed E-state index contributed by atoms with van der Waals surface area (Å²) in [5.74, 6) is 0.355. The maximum Gasteiger partial charge on any atom is 0.226 e. The number of hydrogen-bond acceptors (Lipinski definition) is 6. The molecule has 3 rings (SSSR count). The van der Waals surface area contributed by atoms with Crippen molar-refractivity contribution in [3.05, 3.63) is 64.7 Å². The van der Waals surface area contributed by atoms with Gasteiger partial charge in [0.2, 0.25) is 11.8 Å². The van der Waals surface area contributed by atoms with E-state index in [1.54, 1.807) is 30.2 Å². The van der Waals surface area contributed by atoms with Crippen molar-refractivity contribution < 1.29 is 14.3 Å². The molecule has 0 saturated carbocycles. The molecule has 2 N–H and O–H groups in total. The van der Waals surface area contributed by atoms with Gasteiger partial charge in [0.15, 0.2) is 4.34 Å². The molecule has 0 aliphatic rings. The molecule has 1 heterocycles. The number of ether oxygens (including phenoxy) is 1. The zero-order chi connectivity index (χ0) is 22.4. The molecular formula is C23H25N3O3S2. The highest BCUT2D eigenvalue weighted by Crippen LogP contribution is 2.32. The van der Waals surface area contributed by atoms with Gasteiger partial charge in [-0.25, -0.2) is 4.98 Å². The summed E-state index contributed by atoms with van der Waals surface area (Å²) in [7, 11) is 1.60. The Bertz CT molecular complexity index is 1060. The Morgan fingerprint density at radius 3 is 2.48 bits per heavy atom. The van der Waals surface area contributed by atoms with Crippen LogP contribution in [0.5, 0.6) is 5.75 Å². The van der Waals surface area contributed by atoms with Crippen LogP contribution in [0.15, 0.2) is 57.1 Å². The summed E-state index contributed by atoms with van der Waals surface area (Å²) in [6.45, 7) is 5.38. The highest BCUT2D eigenvalue weighted by Gasteiger charge is 2.18. The van der Waals surface area contributed by atoms with Crippen molar-refractivity contribution in [2.24, 2.45) is 0 Å². The lowest BCUT2D eigenvalue weighted by Gasteiger charge is -2.19. The minimum Gasteiger partial charge on any atom is -0.497 e. The van der Waals surface area contributed by atoms with E-state index >= 15 is 0 Å². The van der Waals surface area contributed by atoms with Crippen molar-refractivity contribution in [2.45, 2.75) is 42.5 Å². The number of aryl methyl sites for hydroxylation is 2. The summed E-state index contributed by atoms with van der Waals surface area (Å²) in [6.07, 6.45) is 0.125. The third kappa shape index (κ3) is 6.57. The number of hydrogen-bond donors (Lipinski definition) is 2. The number of amides is 2. The van der Waals surface area contributed by atoms with Crippen LogP contribution in [0.3, 0.4) is 0 Å². The lowest BCUT2D eigenvalue weighted by molar-refractivity contribution is -0.120. The molecule has 2 amide bonds. The molecule has 3 aromatic rings. The fraction of sp³-hybridized carbons (Fsp3) is 0.261. The van der Waals surface area contributed by atoms with Gasteiger partial charge in [0.05, 0.1) is 19.6 Å². The molecule has 0 radical (unpaired) electrons. The maximum absolute atomic E-state index is 12.7. The fourth-order valence-electron chi connectivity index (χ4n) is 3.04. The van der Waals surface area contributed by atoms with E-state index in [4.69, 9.17) is 4.74 Å². The van der Waals surface area contributed by atoms with E-state index in [1.807, 2.05) is 61.7 Å². The predicted molar refractivity (Wildman–Crippen MR) is 125 cm³/mol. The van der Waals surface area contributed by atoms with Crippen molar-refractivity contribution in [1.29, 1.82) is 0 Å². The quantitative estimate of drug-likeness (QED) is 0.492. The van der Waals surface area contributed by atoms with E-state index < -0.39 is 6.04 Å². The molecule has 0 aliphatic heterocycles. The Morgan fingerprint density at radius 2 is 1.90 bits per heavy atom. The van der Waals surface area contributed by atoms with Gasteiger partial charge in [-0.1, -0.05) is 23.9 Å². The minimum absolute atomic E-state index is 0.125. The zero-order valence-corrected chi connectivity index (χ0v) is 19.5. The standard InChI is InChI=1S/C23H25N3O3S2/c1-14-11-19(31-23-24-15(2)13-30-23)9-10-20(14)26-22(28)12-21(25-16(3)27)17-5-7-18(29-4)8-6-17/h5-11,13,21H,12H2,1-4H3,(H,25,27)(H,26,28).